The van der Waals surface area contributed by atoms with Gasteiger partial charge in [-0.05, 0) is 12.1 Å². The van der Waals surface area contributed by atoms with Gasteiger partial charge < -0.3 is 0 Å². The summed E-state index contributed by atoms with van der Waals surface area (Å²) in [6.07, 6.45) is -3.97. The standard InChI is InChI=1S/C12H11F3N2O/c1-2-6-10(12(13,14)15)16-17-11(18)9-7-4-3-5-8-9/h2-5,7-8H,1,6H2,(H,17,18)/b16-10+. The van der Waals surface area contributed by atoms with Gasteiger partial charge in [-0.2, -0.15) is 18.3 Å². The van der Waals surface area contributed by atoms with Crippen molar-refractivity contribution in [2.45, 2.75) is 12.6 Å². The number of rotatable bonds is 4. The number of alkyl halides is 3. The lowest BCUT2D eigenvalue weighted by atomic mass is 10.2. The fourth-order valence-electron chi connectivity index (χ4n) is 1.13. The fraction of sp³-hybridized carbons (Fsp3) is 0.167. The molecule has 3 nitrogen and oxygen atoms in total. The van der Waals surface area contributed by atoms with Gasteiger partial charge in [0.15, 0.2) is 0 Å². The van der Waals surface area contributed by atoms with Crippen LogP contribution >= 0.6 is 0 Å². The predicted octanol–water partition coefficient (Wildman–Crippen LogP) is 2.91. The largest absolute Gasteiger partial charge is 0.431 e. The summed E-state index contributed by atoms with van der Waals surface area (Å²) in [4.78, 5) is 11.5. The molecule has 0 bridgehead atoms. The van der Waals surface area contributed by atoms with E-state index >= 15 is 0 Å². The van der Waals surface area contributed by atoms with E-state index in [0.717, 1.165) is 6.08 Å². The molecule has 0 radical (unpaired) electrons. The van der Waals surface area contributed by atoms with Crippen LogP contribution in [0, 0.1) is 0 Å². The Labute approximate surface area is 102 Å². The van der Waals surface area contributed by atoms with Crippen LogP contribution in [0.3, 0.4) is 0 Å². The monoisotopic (exact) mass is 256 g/mol. The highest BCUT2D eigenvalue weighted by Gasteiger charge is 2.34. The molecule has 18 heavy (non-hydrogen) atoms. The number of benzene rings is 1. The molecule has 0 fully saturated rings. The first kappa shape index (κ1) is 14.0. The van der Waals surface area contributed by atoms with Gasteiger partial charge in [0.2, 0.25) is 0 Å². The normalized spacial score (nSPS) is 12.1. The Kier molecular flexibility index (Phi) is 4.65. The quantitative estimate of drug-likeness (QED) is 0.502. The fourth-order valence-corrected chi connectivity index (χ4v) is 1.13. The average molecular weight is 256 g/mol. The molecule has 0 atom stereocenters. The van der Waals surface area contributed by atoms with E-state index in [2.05, 4.69) is 11.7 Å². The van der Waals surface area contributed by atoms with Crippen LogP contribution < -0.4 is 5.43 Å². The minimum Gasteiger partial charge on any atom is -0.267 e. The van der Waals surface area contributed by atoms with Crippen molar-refractivity contribution in [3.8, 4) is 0 Å². The molecule has 1 rings (SSSR count). The molecule has 0 aromatic heterocycles. The summed E-state index contributed by atoms with van der Waals surface area (Å²) in [6, 6.07) is 7.86. The number of hydrogen-bond acceptors (Lipinski definition) is 2. The van der Waals surface area contributed by atoms with Gasteiger partial charge in [0, 0.05) is 12.0 Å². The van der Waals surface area contributed by atoms with Crippen LogP contribution in [0.1, 0.15) is 16.8 Å². The summed E-state index contributed by atoms with van der Waals surface area (Å²) in [5.74, 6) is -0.693. The highest BCUT2D eigenvalue weighted by molar-refractivity contribution is 5.96. The smallest absolute Gasteiger partial charge is 0.267 e. The molecule has 0 heterocycles. The van der Waals surface area contributed by atoms with Gasteiger partial charge in [0.25, 0.3) is 5.91 Å². The van der Waals surface area contributed by atoms with Gasteiger partial charge >= 0.3 is 6.18 Å². The second-order valence-corrected chi connectivity index (χ2v) is 3.36. The third-order valence-electron chi connectivity index (χ3n) is 1.99. The van der Waals surface area contributed by atoms with E-state index in [-0.39, 0.29) is 5.56 Å². The Hall–Kier alpha value is -2.11. The van der Waals surface area contributed by atoms with E-state index in [1.807, 2.05) is 5.43 Å². The zero-order valence-electron chi connectivity index (χ0n) is 9.37. The van der Waals surface area contributed by atoms with Crippen LogP contribution in [-0.2, 0) is 0 Å². The molecule has 0 aliphatic carbocycles. The number of carbonyl (C=O) groups excluding carboxylic acids is 1. The van der Waals surface area contributed by atoms with Crippen LogP contribution in [0.5, 0.6) is 0 Å². The zero-order valence-corrected chi connectivity index (χ0v) is 9.37. The van der Waals surface area contributed by atoms with Crippen LogP contribution in [0.25, 0.3) is 0 Å². The number of hydrazone groups is 1. The van der Waals surface area contributed by atoms with Crippen molar-refractivity contribution >= 4 is 11.6 Å². The van der Waals surface area contributed by atoms with E-state index < -0.39 is 24.2 Å². The van der Waals surface area contributed by atoms with Crippen molar-refractivity contribution in [1.29, 1.82) is 0 Å². The van der Waals surface area contributed by atoms with Crippen LogP contribution in [-0.4, -0.2) is 17.8 Å². The molecule has 96 valence electrons. The summed E-state index contributed by atoms with van der Waals surface area (Å²) >= 11 is 0. The predicted molar refractivity (Wildman–Crippen MR) is 62.2 cm³/mol. The minimum atomic E-state index is -4.59. The third-order valence-corrected chi connectivity index (χ3v) is 1.99. The van der Waals surface area contributed by atoms with Crippen molar-refractivity contribution < 1.29 is 18.0 Å². The Morgan fingerprint density at radius 1 is 1.33 bits per heavy atom. The number of amides is 1. The summed E-state index contributed by atoms with van der Waals surface area (Å²) < 4.78 is 37.3. The Balaban J connectivity index is 2.78. The van der Waals surface area contributed by atoms with Crippen LogP contribution in [0.15, 0.2) is 48.1 Å². The van der Waals surface area contributed by atoms with Gasteiger partial charge in [-0.1, -0.05) is 24.3 Å². The minimum absolute atomic E-state index is 0.237. The molecule has 0 aliphatic rings. The molecule has 6 heteroatoms. The topological polar surface area (TPSA) is 41.5 Å². The lowest BCUT2D eigenvalue weighted by Crippen LogP contribution is -2.27. The number of nitrogens with zero attached hydrogens (tertiary/aromatic N) is 1. The summed E-state index contributed by atoms with van der Waals surface area (Å²) in [6.45, 7) is 3.21. The summed E-state index contributed by atoms with van der Waals surface area (Å²) in [7, 11) is 0. The maximum Gasteiger partial charge on any atom is 0.431 e. The SMILES string of the molecule is C=CC/C(=N\NC(=O)c1ccccc1)C(F)(F)F. The lowest BCUT2D eigenvalue weighted by molar-refractivity contribution is -0.0603. The Bertz CT molecular complexity index is 452. The molecule has 1 aromatic carbocycles. The van der Waals surface area contributed by atoms with Crippen molar-refractivity contribution in [2.24, 2.45) is 5.10 Å². The highest BCUT2D eigenvalue weighted by Crippen LogP contribution is 2.19. The first-order valence-electron chi connectivity index (χ1n) is 5.05. The number of nitrogens with one attached hydrogen (secondary N) is 1. The second kappa shape index (κ2) is 6.00. The van der Waals surface area contributed by atoms with Crippen LogP contribution in [0.4, 0.5) is 13.2 Å². The van der Waals surface area contributed by atoms with Crippen molar-refractivity contribution in [3.63, 3.8) is 0 Å². The second-order valence-electron chi connectivity index (χ2n) is 3.36. The zero-order chi connectivity index (χ0) is 13.6. The van der Waals surface area contributed by atoms with Gasteiger partial charge in [-0.15, -0.1) is 6.58 Å². The lowest BCUT2D eigenvalue weighted by Gasteiger charge is -2.08. The first-order chi connectivity index (χ1) is 8.45. The van der Waals surface area contributed by atoms with E-state index in [4.69, 9.17) is 0 Å². The summed E-state index contributed by atoms with van der Waals surface area (Å²) in [5, 5.41) is 3.08. The molecule has 0 saturated carbocycles. The molecule has 1 N–H and O–H groups in total. The molecule has 0 saturated heterocycles. The number of allylic oxidation sites excluding steroid dienone is 1. The van der Waals surface area contributed by atoms with Crippen molar-refractivity contribution in [2.75, 3.05) is 0 Å². The van der Waals surface area contributed by atoms with E-state index in [9.17, 15) is 18.0 Å². The average Bonchev–Trinajstić information content (AvgIpc) is 2.33. The number of carbonyl (C=O) groups is 1. The van der Waals surface area contributed by atoms with Gasteiger partial charge in [0.1, 0.15) is 5.71 Å². The van der Waals surface area contributed by atoms with Gasteiger partial charge in [-0.25, -0.2) is 5.43 Å². The Morgan fingerprint density at radius 3 is 2.44 bits per heavy atom. The molecule has 1 aromatic rings. The molecule has 0 aliphatic heterocycles. The molecular formula is C12H11F3N2O. The summed E-state index contributed by atoms with van der Waals surface area (Å²) in [5.41, 5.74) is 1.01. The first-order valence-corrected chi connectivity index (χ1v) is 5.05. The van der Waals surface area contributed by atoms with Crippen LogP contribution in [0.2, 0.25) is 0 Å². The number of halogens is 3. The maximum atomic E-state index is 12.4. The van der Waals surface area contributed by atoms with Crippen molar-refractivity contribution in [1.82, 2.24) is 5.43 Å². The number of hydrogen-bond donors (Lipinski definition) is 1. The maximum absolute atomic E-state index is 12.4. The van der Waals surface area contributed by atoms with E-state index in [0.29, 0.717) is 0 Å². The van der Waals surface area contributed by atoms with E-state index in [1.165, 1.54) is 12.1 Å². The van der Waals surface area contributed by atoms with Gasteiger partial charge in [0.05, 0.1) is 0 Å². The van der Waals surface area contributed by atoms with E-state index in [1.54, 1.807) is 18.2 Å². The van der Waals surface area contributed by atoms with Crippen molar-refractivity contribution in [3.05, 3.63) is 48.6 Å². The highest BCUT2D eigenvalue weighted by atomic mass is 19.4. The molecule has 0 spiro atoms. The third kappa shape index (κ3) is 4.04. The van der Waals surface area contributed by atoms with Gasteiger partial charge in [-0.3, -0.25) is 4.79 Å². The molecule has 1 amide bonds. The molecule has 0 unspecified atom stereocenters. The molecular weight excluding hydrogens is 245 g/mol. The Morgan fingerprint density at radius 2 is 1.94 bits per heavy atom.